The second-order valence-corrected chi connectivity index (χ2v) is 8.89. The molecular weight excluding hydrogens is 390 g/mol. The Morgan fingerprint density at radius 1 is 1.12 bits per heavy atom. The van der Waals surface area contributed by atoms with Gasteiger partial charge in [-0.25, -0.2) is 0 Å². The van der Waals surface area contributed by atoms with Crippen molar-refractivity contribution >= 4 is 24.0 Å². The van der Waals surface area contributed by atoms with Gasteiger partial charge in [-0.1, -0.05) is 37.6 Å². The van der Waals surface area contributed by atoms with Crippen LogP contribution < -0.4 is 30.1 Å². The first-order valence-corrected chi connectivity index (χ1v) is 9.57. The molecule has 1 fully saturated rings. The van der Waals surface area contributed by atoms with Crippen LogP contribution in [0.15, 0.2) is 60.7 Å². The maximum atomic E-state index is 2.64. The fourth-order valence-electron chi connectivity index (χ4n) is 3.87. The Kier molecular flexibility index (Phi) is 8.88. The van der Waals surface area contributed by atoms with Crippen LogP contribution in [0.2, 0.25) is 0 Å². The fourth-order valence-corrected chi connectivity index (χ4v) is 6.60. The van der Waals surface area contributed by atoms with Crippen molar-refractivity contribution in [2.24, 2.45) is 11.8 Å². The standard InChI is InChI=1S/C20H21P.2ClH.Ti/c1-2-21(19-11-15-7-3-4-8-16(15)12-19)20-13-17-9-5-6-10-18(17)14-20;;;/h3-13,17-18,20H,2,14H2,1H3;2*1H;/q-2;;;+4/p-2. The minimum absolute atomic E-state index is 0. The zero-order chi connectivity index (χ0) is 14.2. The minimum atomic E-state index is -0.0617. The zero-order valence-corrected chi connectivity index (χ0v) is 17.7. The molecule has 2 aromatic rings. The molecule has 0 aromatic heterocycles. The number of hydrogen-bond acceptors (Lipinski definition) is 0. The Hall–Kier alpha value is 0.0343. The summed E-state index contributed by atoms with van der Waals surface area (Å²) in [7, 11) is -0.0617. The molecule has 0 bridgehead atoms. The Bertz CT molecular complexity index is 653. The summed E-state index contributed by atoms with van der Waals surface area (Å²) >= 11 is 0. The molecule has 124 valence electrons. The van der Waals surface area contributed by atoms with Crippen LogP contribution in [-0.2, 0) is 21.7 Å². The van der Waals surface area contributed by atoms with E-state index in [-0.39, 0.29) is 54.5 Å². The van der Waals surface area contributed by atoms with E-state index in [4.69, 9.17) is 0 Å². The summed E-state index contributed by atoms with van der Waals surface area (Å²) in [4.78, 5) is 0. The van der Waals surface area contributed by atoms with E-state index in [9.17, 15) is 0 Å². The van der Waals surface area contributed by atoms with Crippen LogP contribution in [0, 0.1) is 18.3 Å². The summed E-state index contributed by atoms with van der Waals surface area (Å²) in [5, 5.41) is 4.41. The van der Waals surface area contributed by atoms with Crippen LogP contribution in [0.4, 0.5) is 0 Å². The third-order valence-corrected chi connectivity index (χ3v) is 7.72. The van der Waals surface area contributed by atoms with Crippen molar-refractivity contribution in [3.05, 3.63) is 67.1 Å². The van der Waals surface area contributed by atoms with Crippen LogP contribution in [0.5, 0.6) is 0 Å². The van der Waals surface area contributed by atoms with Crippen molar-refractivity contribution in [2.75, 3.05) is 6.16 Å². The number of fused-ring (bicyclic) bond motifs is 2. The summed E-state index contributed by atoms with van der Waals surface area (Å²) < 4.78 is 0. The van der Waals surface area contributed by atoms with E-state index in [1.807, 2.05) is 0 Å². The molecule has 4 rings (SSSR count). The van der Waals surface area contributed by atoms with Gasteiger partial charge in [0, 0.05) is 0 Å². The SMILES string of the molecule is CCP(c1cc2ccccc2[cH-]1)C1[CH-]C2C=CC=CC2C1.[Cl-].[Cl-].[Ti+4]. The quantitative estimate of drug-likeness (QED) is 0.347. The predicted octanol–water partition coefficient (Wildman–Crippen LogP) is -0.974. The Labute approximate surface area is 174 Å². The molecular formula is C20H21Cl2PTi. The van der Waals surface area contributed by atoms with Crippen LogP contribution in [0.25, 0.3) is 10.8 Å². The van der Waals surface area contributed by atoms with Crippen LogP contribution >= 0.6 is 7.92 Å². The van der Waals surface area contributed by atoms with Crippen molar-refractivity contribution < 1.29 is 46.5 Å². The van der Waals surface area contributed by atoms with Gasteiger partial charge < -0.3 is 31.2 Å². The molecule has 0 aliphatic heterocycles. The summed E-state index contributed by atoms with van der Waals surface area (Å²) in [6.45, 7) is 2.37. The number of allylic oxidation sites excluding steroid dienone is 4. The number of benzene rings is 1. The van der Waals surface area contributed by atoms with Crippen molar-refractivity contribution in [2.45, 2.75) is 19.0 Å². The first-order valence-electron chi connectivity index (χ1n) is 7.97. The Morgan fingerprint density at radius 2 is 1.88 bits per heavy atom. The number of rotatable bonds is 3. The second kappa shape index (κ2) is 9.65. The van der Waals surface area contributed by atoms with Crippen molar-refractivity contribution in [3.63, 3.8) is 0 Å². The van der Waals surface area contributed by atoms with Gasteiger partial charge in [-0.15, -0.1) is 65.9 Å². The van der Waals surface area contributed by atoms with E-state index in [0.29, 0.717) is 5.92 Å². The van der Waals surface area contributed by atoms with Crippen molar-refractivity contribution in [3.8, 4) is 0 Å². The molecule has 4 heteroatoms. The minimum Gasteiger partial charge on any atom is -1.00 e. The maximum Gasteiger partial charge on any atom is 4.00 e. The zero-order valence-electron chi connectivity index (χ0n) is 13.7. The van der Waals surface area contributed by atoms with Gasteiger partial charge in [0.1, 0.15) is 0 Å². The van der Waals surface area contributed by atoms with E-state index in [0.717, 1.165) is 11.6 Å². The predicted molar refractivity (Wildman–Crippen MR) is 94.6 cm³/mol. The average molecular weight is 411 g/mol. The molecule has 4 atom stereocenters. The van der Waals surface area contributed by atoms with Crippen LogP contribution in [0.3, 0.4) is 0 Å². The molecule has 0 heterocycles. The summed E-state index contributed by atoms with van der Waals surface area (Å²) in [5.41, 5.74) is 0.782. The topological polar surface area (TPSA) is 0 Å². The first kappa shape index (κ1) is 22.1. The third kappa shape index (κ3) is 4.23. The molecule has 2 aliphatic rings. The maximum absolute atomic E-state index is 2.64. The van der Waals surface area contributed by atoms with Crippen molar-refractivity contribution in [1.29, 1.82) is 0 Å². The van der Waals surface area contributed by atoms with E-state index in [1.165, 1.54) is 23.4 Å². The van der Waals surface area contributed by atoms with Gasteiger partial charge in [0.25, 0.3) is 0 Å². The fraction of sp³-hybridized carbons (Fsp3) is 0.300. The van der Waals surface area contributed by atoms with Gasteiger partial charge in [0.2, 0.25) is 0 Å². The molecule has 0 amide bonds. The number of hydrogen-bond donors (Lipinski definition) is 0. The van der Waals surface area contributed by atoms with E-state index >= 15 is 0 Å². The molecule has 0 N–H and O–H groups in total. The largest absolute Gasteiger partial charge is 4.00 e. The van der Waals surface area contributed by atoms with Crippen molar-refractivity contribution in [1.82, 2.24) is 0 Å². The molecule has 2 aromatic carbocycles. The van der Waals surface area contributed by atoms with Gasteiger partial charge in [-0.3, -0.25) is 0 Å². The van der Waals surface area contributed by atoms with Gasteiger partial charge >= 0.3 is 21.7 Å². The monoisotopic (exact) mass is 410 g/mol. The van der Waals surface area contributed by atoms with Crippen LogP contribution in [-0.4, -0.2) is 11.8 Å². The Morgan fingerprint density at radius 3 is 2.58 bits per heavy atom. The van der Waals surface area contributed by atoms with Gasteiger partial charge in [0.05, 0.1) is 0 Å². The molecule has 2 aliphatic carbocycles. The normalized spacial score (nSPS) is 25.3. The Balaban J connectivity index is 0.000000960. The summed E-state index contributed by atoms with van der Waals surface area (Å²) in [5.74, 6) is 1.43. The van der Waals surface area contributed by atoms with Crippen LogP contribution in [0.1, 0.15) is 13.3 Å². The van der Waals surface area contributed by atoms with E-state index < -0.39 is 0 Å². The smallest absolute Gasteiger partial charge is 1.00 e. The van der Waals surface area contributed by atoms with E-state index in [2.05, 4.69) is 74.0 Å². The second-order valence-electron chi connectivity index (χ2n) is 6.13. The van der Waals surface area contributed by atoms with E-state index in [1.54, 1.807) is 5.30 Å². The molecule has 0 spiro atoms. The van der Waals surface area contributed by atoms with Gasteiger partial charge in [-0.2, -0.15) is 6.07 Å². The molecule has 1 saturated carbocycles. The third-order valence-electron chi connectivity index (χ3n) is 4.93. The molecule has 24 heavy (non-hydrogen) atoms. The van der Waals surface area contributed by atoms with Gasteiger partial charge in [0.15, 0.2) is 0 Å². The summed E-state index contributed by atoms with van der Waals surface area (Å²) in [6.07, 6.45) is 14.5. The van der Waals surface area contributed by atoms with Gasteiger partial charge in [-0.05, 0) is 12.1 Å². The summed E-state index contributed by atoms with van der Waals surface area (Å²) in [6, 6.07) is 13.6. The molecule has 0 saturated heterocycles. The molecule has 0 nitrogen and oxygen atoms in total. The molecule has 0 radical (unpaired) electrons. The number of halogens is 2. The molecule has 4 unspecified atom stereocenters. The average Bonchev–Trinajstić information content (AvgIpc) is 3.11. The first-order chi connectivity index (χ1) is 10.3.